The number of phenols is 1. The minimum atomic E-state index is 0.281. The van der Waals surface area contributed by atoms with E-state index in [4.69, 9.17) is 4.99 Å². The van der Waals surface area contributed by atoms with Gasteiger partial charge in [0.15, 0.2) is 5.96 Å². The third kappa shape index (κ3) is 4.41. The third-order valence-electron chi connectivity index (χ3n) is 5.26. The molecule has 1 saturated heterocycles. The van der Waals surface area contributed by atoms with Gasteiger partial charge in [-0.1, -0.05) is 25.8 Å². The summed E-state index contributed by atoms with van der Waals surface area (Å²) in [6.45, 7) is 6.41. The van der Waals surface area contributed by atoms with Crippen LogP contribution in [0, 0.1) is 5.92 Å². The van der Waals surface area contributed by atoms with Crippen LogP contribution in [0.25, 0.3) is 0 Å². The molecule has 1 aliphatic heterocycles. The van der Waals surface area contributed by atoms with Crippen molar-refractivity contribution in [2.45, 2.75) is 38.6 Å². The number of benzene rings is 1. The molecule has 2 atom stereocenters. The number of aliphatic imine (C=N–C) groups is 1. The lowest BCUT2D eigenvalue weighted by atomic mass is 9.86. The lowest BCUT2D eigenvalue weighted by Crippen LogP contribution is -2.49. The van der Waals surface area contributed by atoms with Crippen molar-refractivity contribution < 1.29 is 5.11 Å². The quantitative estimate of drug-likeness (QED) is 0.646. The molecule has 2 N–H and O–H groups in total. The van der Waals surface area contributed by atoms with E-state index in [1.807, 2.05) is 12.1 Å². The number of hydrogen-bond donors (Lipinski definition) is 2. The maximum Gasteiger partial charge on any atom is 0.198 e. The number of guanidine groups is 1. The summed E-state index contributed by atoms with van der Waals surface area (Å²) in [6.07, 6.45) is 5.06. The Kier molecular flexibility index (Phi) is 5.61. The molecule has 3 rings (SSSR count). The lowest BCUT2D eigenvalue weighted by molar-refractivity contribution is 0.213. The van der Waals surface area contributed by atoms with Gasteiger partial charge in [0.05, 0.1) is 6.04 Å². The first-order valence-corrected chi connectivity index (χ1v) is 9.19. The van der Waals surface area contributed by atoms with Crippen molar-refractivity contribution in [1.82, 2.24) is 9.80 Å². The Labute approximate surface area is 145 Å². The van der Waals surface area contributed by atoms with Crippen molar-refractivity contribution >= 4 is 11.6 Å². The standard InChI is InChI=1S/C19H30N4O/c1-15-6-3-4-9-18(15)21-19(23-12-10-22(2)11-13-23)20-16-7-5-8-17(24)14-16/h5,7-8,14-15,18,24H,3-4,6,9-13H2,1-2H3,(H,20,21). The zero-order valence-electron chi connectivity index (χ0n) is 14.9. The third-order valence-corrected chi connectivity index (χ3v) is 5.26. The zero-order chi connectivity index (χ0) is 16.9. The summed E-state index contributed by atoms with van der Waals surface area (Å²) >= 11 is 0. The number of anilines is 1. The number of aromatic hydroxyl groups is 1. The van der Waals surface area contributed by atoms with E-state index in [1.165, 1.54) is 25.7 Å². The number of nitrogens with one attached hydrogen (secondary N) is 1. The largest absolute Gasteiger partial charge is 0.508 e. The van der Waals surface area contributed by atoms with Gasteiger partial charge in [0.25, 0.3) is 0 Å². The maximum absolute atomic E-state index is 9.73. The van der Waals surface area contributed by atoms with Gasteiger partial charge in [-0.3, -0.25) is 0 Å². The van der Waals surface area contributed by atoms with Crippen molar-refractivity contribution in [1.29, 1.82) is 0 Å². The number of piperazine rings is 1. The predicted molar refractivity (Wildman–Crippen MR) is 99.7 cm³/mol. The van der Waals surface area contributed by atoms with Crippen molar-refractivity contribution in [2.75, 3.05) is 38.5 Å². The van der Waals surface area contributed by atoms with Gasteiger partial charge in [-0.15, -0.1) is 0 Å². The molecule has 1 aliphatic carbocycles. The van der Waals surface area contributed by atoms with E-state index in [0.717, 1.165) is 37.8 Å². The van der Waals surface area contributed by atoms with Gasteiger partial charge in [-0.05, 0) is 37.9 Å². The van der Waals surface area contributed by atoms with Crippen LogP contribution >= 0.6 is 0 Å². The lowest BCUT2D eigenvalue weighted by Gasteiger charge is -2.36. The van der Waals surface area contributed by atoms with Gasteiger partial charge in [0.1, 0.15) is 5.75 Å². The van der Waals surface area contributed by atoms with E-state index in [0.29, 0.717) is 12.0 Å². The Morgan fingerprint density at radius 3 is 2.62 bits per heavy atom. The van der Waals surface area contributed by atoms with E-state index in [1.54, 1.807) is 12.1 Å². The van der Waals surface area contributed by atoms with Gasteiger partial charge in [0.2, 0.25) is 0 Å². The predicted octanol–water partition coefficient (Wildman–Crippen LogP) is 2.99. The molecule has 0 aromatic heterocycles. The molecule has 132 valence electrons. The molecule has 1 aromatic rings. The highest BCUT2D eigenvalue weighted by molar-refractivity contribution is 5.94. The van der Waals surface area contributed by atoms with Crippen LogP contribution in [0.4, 0.5) is 5.69 Å². The van der Waals surface area contributed by atoms with Gasteiger partial charge >= 0.3 is 0 Å². The second-order valence-corrected chi connectivity index (χ2v) is 7.25. The first kappa shape index (κ1) is 17.1. The van der Waals surface area contributed by atoms with Crippen molar-refractivity contribution in [3.63, 3.8) is 0 Å². The number of likely N-dealkylation sites (N-methyl/N-ethyl adjacent to an activating group) is 1. The second kappa shape index (κ2) is 7.88. The van der Waals surface area contributed by atoms with Crippen LogP contribution in [0.3, 0.4) is 0 Å². The second-order valence-electron chi connectivity index (χ2n) is 7.25. The van der Waals surface area contributed by atoms with E-state index >= 15 is 0 Å². The highest BCUT2D eigenvalue weighted by atomic mass is 16.3. The average molecular weight is 330 g/mol. The van der Waals surface area contributed by atoms with Crippen molar-refractivity contribution in [3.05, 3.63) is 24.3 Å². The summed E-state index contributed by atoms with van der Waals surface area (Å²) in [6, 6.07) is 7.70. The molecule has 24 heavy (non-hydrogen) atoms. The summed E-state index contributed by atoms with van der Waals surface area (Å²) in [4.78, 5) is 9.83. The van der Waals surface area contributed by atoms with E-state index < -0.39 is 0 Å². The van der Waals surface area contributed by atoms with Crippen LogP contribution in [0.15, 0.2) is 29.3 Å². The monoisotopic (exact) mass is 330 g/mol. The Morgan fingerprint density at radius 2 is 1.92 bits per heavy atom. The van der Waals surface area contributed by atoms with E-state index in [2.05, 4.69) is 29.1 Å². The zero-order valence-corrected chi connectivity index (χ0v) is 14.9. The Bertz CT molecular complexity index is 566. The molecule has 1 heterocycles. The summed E-state index contributed by atoms with van der Waals surface area (Å²) in [7, 11) is 2.17. The minimum absolute atomic E-state index is 0.281. The van der Waals surface area contributed by atoms with Crippen LogP contribution in [-0.2, 0) is 0 Å². The molecule has 2 aliphatic rings. The molecular formula is C19H30N4O. The highest BCUT2D eigenvalue weighted by Crippen LogP contribution is 2.27. The molecule has 1 aromatic carbocycles. The first-order valence-electron chi connectivity index (χ1n) is 9.19. The van der Waals surface area contributed by atoms with Gasteiger partial charge in [-0.2, -0.15) is 0 Å². The van der Waals surface area contributed by atoms with Crippen LogP contribution in [0.5, 0.6) is 5.75 Å². The topological polar surface area (TPSA) is 51.1 Å². The molecule has 5 heteroatoms. The molecule has 5 nitrogen and oxygen atoms in total. The van der Waals surface area contributed by atoms with Crippen LogP contribution in [-0.4, -0.2) is 60.1 Å². The number of nitrogens with zero attached hydrogens (tertiary/aromatic N) is 3. The van der Waals surface area contributed by atoms with Gasteiger partial charge in [0, 0.05) is 37.9 Å². The normalized spacial score (nSPS) is 26.4. The Hall–Kier alpha value is -1.75. The first-order chi connectivity index (χ1) is 11.6. The Balaban J connectivity index is 1.79. The van der Waals surface area contributed by atoms with Gasteiger partial charge < -0.3 is 20.2 Å². The SMILES string of the molecule is CC1CCCCC1N=C(Nc1cccc(O)c1)N1CCN(C)CC1. The number of hydrogen-bond acceptors (Lipinski definition) is 3. The summed E-state index contributed by atoms with van der Waals surface area (Å²) in [5.41, 5.74) is 0.899. The summed E-state index contributed by atoms with van der Waals surface area (Å²) < 4.78 is 0. The molecule has 1 saturated carbocycles. The van der Waals surface area contributed by atoms with E-state index in [9.17, 15) is 5.11 Å². The molecule has 0 spiro atoms. The van der Waals surface area contributed by atoms with Crippen LogP contribution in [0.2, 0.25) is 0 Å². The highest BCUT2D eigenvalue weighted by Gasteiger charge is 2.24. The van der Waals surface area contributed by atoms with Crippen molar-refractivity contribution in [2.24, 2.45) is 10.9 Å². The molecule has 0 bridgehead atoms. The Morgan fingerprint density at radius 1 is 1.17 bits per heavy atom. The summed E-state index contributed by atoms with van der Waals surface area (Å²) in [5, 5.41) is 13.2. The molecule has 2 fully saturated rings. The maximum atomic E-state index is 9.73. The number of rotatable bonds is 2. The molecular weight excluding hydrogens is 300 g/mol. The number of phenolic OH excluding ortho intramolecular Hbond substituents is 1. The summed E-state index contributed by atoms with van der Waals surface area (Å²) in [5.74, 6) is 1.89. The average Bonchev–Trinajstić information content (AvgIpc) is 2.57. The van der Waals surface area contributed by atoms with E-state index in [-0.39, 0.29) is 5.75 Å². The van der Waals surface area contributed by atoms with Gasteiger partial charge in [-0.25, -0.2) is 4.99 Å². The molecule has 2 unspecified atom stereocenters. The molecule has 0 amide bonds. The molecule has 0 radical (unpaired) electrons. The fraction of sp³-hybridized carbons (Fsp3) is 0.632. The van der Waals surface area contributed by atoms with Crippen molar-refractivity contribution in [3.8, 4) is 5.75 Å². The fourth-order valence-electron chi connectivity index (χ4n) is 3.57. The van der Waals surface area contributed by atoms with Crippen LogP contribution in [0.1, 0.15) is 32.6 Å². The minimum Gasteiger partial charge on any atom is -0.508 e. The van der Waals surface area contributed by atoms with Crippen LogP contribution < -0.4 is 5.32 Å². The smallest absolute Gasteiger partial charge is 0.198 e. The fourth-order valence-corrected chi connectivity index (χ4v) is 3.57.